The zero-order valence-electron chi connectivity index (χ0n) is 13.3. The first-order chi connectivity index (χ1) is 11.6. The number of nitrogens with one attached hydrogen (secondary N) is 2. The van der Waals surface area contributed by atoms with Crippen molar-refractivity contribution < 1.29 is 14.8 Å². The molecule has 2 aromatic carbocycles. The van der Waals surface area contributed by atoms with E-state index < -0.39 is 11.0 Å². The Bertz CT molecular complexity index is 763. The predicted octanol–water partition coefficient (Wildman–Crippen LogP) is 2.72. The average Bonchev–Trinajstić information content (AvgIpc) is 3.08. The third-order valence-corrected chi connectivity index (χ3v) is 4.13. The number of anilines is 2. The molecule has 1 heterocycles. The number of hydrogen-bond acceptors (Lipinski definition) is 6. The van der Waals surface area contributed by atoms with E-state index in [0.717, 1.165) is 17.8 Å². The highest BCUT2D eigenvalue weighted by molar-refractivity contribution is 5.77. The van der Waals surface area contributed by atoms with Crippen molar-refractivity contribution in [3.05, 3.63) is 57.6 Å². The number of rotatable bonds is 6. The van der Waals surface area contributed by atoms with Crippen LogP contribution in [0.4, 0.5) is 17.1 Å². The molecule has 0 bridgehead atoms. The molecule has 0 amide bonds. The Kier molecular flexibility index (Phi) is 4.52. The highest BCUT2D eigenvalue weighted by Crippen LogP contribution is 2.37. The van der Waals surface area contributed by atoms with Crippen molar-refractivity contribution in [3.63, 3.8) is 0 Å². The van der Waals surface area contributed by atoms with E-state index in [2.05, 4.69) is 10.6 Å². The van der Waals surface area contributed by atoms with Gasteiger partial charge in [0, 0.05) is 30.4 Å². The standard InChI is InChI=1S/C17H19N3O4/c1-24-12-4-2-3-11(9-12)16(21)10-19-17-13-7-8-18-14(13)5-6-15(17)20(22)23/h2-6,9,16,18-19,21H,7-8,10H2,1H3. The lowest BCUT2D eigenvalue weighted by atomic mass is 10.1. The number of aliphatic hydroxyl groups is 1. The van der Waals surface area contributed by atoms with Crippen LogP contribution < -0.4 is 15.4 Å². The summed E-state index contributed by atoms with van der Waals surface area (Å²) in [6.45, 7) is 0.925. The van der Waals surface area contributed by atoms with Gasteiger partial charge in [0.15, 0.2) is 0 Å². The van der Waals surface area contributed by atoms with Gasteiger partial charge in [-0.3, -0.25) is 10.1 Å². The van der Waals surface area contributed by atoms with Crippen LogP contribution in [0.3, 0.4) is 0 Å². The molecule has 1 unspecified atom stereocenters. The van der Waals surface area contributed by atoms with Crippen molar-refractivity contribution >= 4 is 17.1 Å². The third-order valence-electron chi connectivity index (χ3n) is 4.13. The number of hydrogen-bond donors (Lipinski definition) is 3. The van der Waals surface area contributed by atoms with Crippen molar-refractivity contribution in [2.24, 2.45) is 0 Å². The lowest BCUT2D eigenvalue weighted by Crippen LogP contribution is -2.14. The number of nitro groups is 1. The number of ether oxygens (including phenoxy) is 1. The first kappa shape index (κ1) is 16.1. The maximum atomic E-state index is 11.3. The summed E-state index contributed by atoms with van der Waals surface area (Å²) in [6.07, 6.45) is -0.0841. The van der Waals surface area contributed by atoms with Crippen LogP contribution >= 0.6 is 0 Å². The molecule has 126 valence electrons. The topological polar surface area (TPSA) is 96.7 Å². The quantitative estimate of drug-likeness (QED) is 0.557. The van der Waals surface area contributed by atoms with E-state index in [1.165, 1.54) is 6.07 Å². The van der Waals surface area contributed by atoms with E-state index in [1.807, 2.05) is 0 Å². The molecule has 0 spiro atoms. The molecule has 1 atom stereocenters. The molecule has 0 aromatic heterocycles. The van der Waals surface area contributed by atoms with Crippen LogP contribution in [0.15, 0.2) is 36.4 Å². The number of nitro benzene ring substituents is 1. The molecule has 7 nitrogen and oxygen atoms in total. The number of aliphatic hydroxyl groups excluding tert-OH is 1. The average molecular weight is 329 g/mol. The molecule has 3 rings (SSSR count). The Balaban J connectivity index is 1.81. The smallest absolute Gasteiger partial charge is 0.292 e. The second-order valence-electron chi connectivity index (χ2n) is 5.59. The molecule has 3 N–H and O–H groups in total. The number of fused-ring (bicyclic) bond motifs is 1. The van der Waals surface area contributed by atoms with E-state index in [9.17, 15) is 15.2 Å². The zero-order chi connectivity index (χ0) is 17.1. The van der Waals surface area contributed by atoms with Gasteiger partial charge in [-0.15, -0.1) is 0 Å². The van der Waals surface area contributed by atoms with Gasteiger partial charge in [0.1, 0.15) is 11.4 Å². The van der Waals surface area contributed by atoms with Gasteiger partial charge in [-0.05, 0) is 30.2 Å². The molecule has 1 aliphatic rings. The van der Waals surface area contributed by atoms with Crippen molar-refractivity contribution in [2.75, 3.05) is 30.8 Å². The summed E-state index contributed by atoms with van der Waals surface area (Å²) in [5.41, 5.74) is 2.98. The summed E-state index contributed by atoms with van der Waals surface area (Å²) < 4.78 is 5.15. The van der Waals surface area contributed by atoms with Gasteiger partial charge in [-0.25, -0.2) is 0 Å². The second-order valence-corrected chi connectivity index (χ2v) is 5.59. The maximum Gasteiger partial charge on any atom is 0.292 e. The summed E-state index contributed by atoms with van der Waals surface area (Å²) in [5.74, 6) is 0.655. The Morgan fingerprint density at radius 1 is 1.42 bits per heavy atom. The summed E-state index contributed by atoms with van der Waals surface area (Å²) in [7, 11) is 1.56. The summed E-state index contributed by atoms with van der Waals surface area (Å²) in [4.78, 5) is 10.9. The van der Waals surface area contributed by atoms with E-state index >= 15 is 0 Å². The minimum absolute atomic E-state index is 0.0234. The summed E-state index contributed by atoms with van der Waals surface area (Å²) in [5, 5.41) is 27.9. The molecule has 2 aromatic rings. The van der Waals surface area contributed by atoms with E-state index in [0.29, 0.717) is 23.4 Å². The Labute approximate surface area is 139 Å². The van der Waals surface area contributed by atoms with Crippen molar-refractivity contribution in [1.82, 2.24) is 0 Å². The predicted molar refractivity (Wildman–Crippen MR) is 91.7 cm³/mol. The molecule has 0 fully saturated rings. The Hall–Kier alpha value is -2.80. The molecular weight excluding hydrogens is 310 g/mol. The molecule has 7 heteroatoms. The fourth-order valence-electron chi connectivity index (χ4n) is 2.90. The normalized spacial score (nSPS) is 13.8. The van der Waals surface area contributed by atoms with Crippen LogP contribution in [-0.4, -0.2) is 30.2 Å². The zero-order valence-corrected chi connectivity index (χ0v) is 13.3. The minimum Gasteiger partial charge on any atom is -0.497 e. The van der Waals surface area contributed by atoms with Crippen LogP contribution in [0.1, 0.15) is 17.2 Å². The molecule has 0 radical (unpaired) electrons. The molecule has 0 aliphatic carbocycles. The summed E-state index contributed by atoms with van der Waals surface area (Å²) in [6, 6.07) is 10.3. The van der Waals surface area contributed by atoms with Crippen LogP contribution in [0, 0.1) is 10.1 Å². The van der Waals surface area contributed by atoms with Crippen molar-refractivity contribution in [1.29, 1.82) is 0 Å². The molecular formula is C17H19N3O4. The monoisotopic (exact) mass is 329 g/mol. The fourth-order valence-corrected chi connectivity index (χ4v) is 2.90. The van der Waals surface area contributed by atoms with Gasteiger partial charge in [0.05, 0.1) is 18.1 Å². The second kappa shape index (κ2) is 6.76. The van der Waals surface area contributed by atoms with E-state index in [4.69, 9.17) is 4.74 Å². The SMILES string of the molecule is COc1cccc(C(O)CNc2c([N+](=O)[O-])ccc3c2CCN3)c1. The van der Waals surface area contributed by atoms with Gasteiger partial charge in [-0.2, -0.15) is 0 Å². The first-order valence-corrected chi connectivity index (χ1v) is 7.70. The number of benzene rings is 2. The van der Waals surface area contributed by atoms with Crippen LogP contribution in [-0.2, 0) is 6.42 Å². The van der Waals surface area contributed by atoms with Gasteiger partial charge in [0.2, 0.25) is 0 Å². The van der Waals surface area contributed by atoms with Crippen LogP contribution in [0.2, 0.25) is 0 Å². The van der Waals surface area contributed by atoms with Crippen LogP contribution in [0.25, 0.3) is 0 Å². The molecule has 24 heavy (non-hydrogen) atoms. The first-order valence-electron chi connectivity index (χ1n) is 7.70. The number of nitrogens with zero attached hydrogens (tertiary/aromatic N) is 1. The van der Waals surface area contributed by atoms with Gasteiger partial charge >= 0.3 is 0 Å². The van der Waals surface area contributed by atoms with Gasteiger partial charge in [0.25, 0.3) is 5.69 Å². The number of methoxy groups -OCH3 is 1. The van der Waals surface area contributed by atoms with Crippen LogP contribution in [0.5, 0.6) is 5.75 Å². The molecule has 0 saturated heterocycles. The summed E-state index contributed by atoms with van der Waals surface area (Å²) >= 11 is 0. The molecule has 1 aliphatic heterocycles. The van der Waals surface area contributed by atoms with Crippen molar-refractivity contribution in [2.45, 2.75) is 12.5 Å². The highest BCUT2D eigenvalue weighted by Gasteiger charge is 2.24. The largest absolute Gasteiger partial charge is 0.497 e. The maximum absolute atomic E-state index is 11.3. The van der Waals surface area contributed by atoms with Crippen molar-refractivity contribution in [3.8, 4) is 5.75 Å². The van der Waals surface area contributed by atoms with E-state index in [1.54, 1.807) is 37.4 Å². The lowest BCUT2D eigenvalue weighted by Gasteiger charge is -2.16. The van der Waals surface area contributed by atoms with E-state index in [-0.39, 0.29) is 12.2 Å². The van der Waals surface area contributed by atoms with Gasteiger partial charge in [-0.1, -0.05) is 12.1 Å². The molecule has 0 saturated carbocycles. The highest BCUT2D eigenvalue weighted by atomic mass is 16.6. The van der Waals surface area contributed by atoms with Gasteiger partial charge < -0.3 is 20.5 Å². The Morgan fingerprint density at radius 2 is 2.25 bits per heavy atom. The lowest BCUT2D eigenvalue weighted by molar-refractivity contribution is -0.384. The third kappa shape index (κ3) is 3.11. The Morgan fingerprint density at radius 3 is 3.00 bits per heavy atom. The fraction of sp³-hybridized carbons (Fsp3) is 0.294. The minimum atomic E-state index is -0.801.